The summed E-state index contributed by atoms with van der Waals surface area (Å²) in [6.07, 6.45) is 1.68. The highest BCUT2D eigenvalue weighted by molar-refractivity contribution is 6.34. The van der Waals surface area contributed by atoms with E-state index in [0.717, 1.165) is 0 Å². The van der Waals surface area contributed by atoms with Gasteiger partial charge in [-0.15, -0.1) is 0 Å². The van der Waals surface area contributed by atoms with Gasteiger partial charge in [0.25, 0.3) is 11.8 Å². The Kier molecular flexibility index (Phi) is 4.76. The number of hydrogen-bond acceptors (Lipinski definition) is 4. The second-order valence-corrected chi connectivity index (χ2v) is 5.76. The Bertz CT molecular complexity index is 889. The van der Waals surface area contributed by atoms with E-state index >= 15 is 0 Å². The van der Waals surface area contributed by atoms with E-state index in [-0.39, 0.29) is 0 Å². The molecule has 1 aliphatic rings. The number of ether oxygens (including phenoxy) is 2. The summed E-state index contributed by atoms with van der Waals surface area (Å²) in [5, 5.41) is 2.72. The molecule has 0 bridgehead atoms. The Morgan fingerprint density at radius 2 is 1.84 bits per heavy atom. The molecule has 0 saturated heterocycles. The molecule has 2 aromatic rings. The number of halogens is 1. The molecule has 1 heterocycles. The summed E-state index contributed by atoms with van der Waals surface area (Å²) in [5.74, 6) is 0.0772. The highest BCUT2D eigenvalue weighted by atomic mass is 35.5. The molecule has 5 nitrogen and oxygen atoms in total. The maximum absolute atomic E-state index is 12.3. The molecule has 0 spiro atoms. The van der Waals surface area contributed by atoms with E-state index in [4.69, 9.17) is 21.1 Å². The van der Waals surface area contributed by atoms with Crippen LogP contribution < -0.4 is 14.8 Å². The number of carbonyl (C=O) groups is 2. The summed E-state index contributed by atoms with van der Waals surface area (Å²) in [6.45, 7) is 2.31. The van der Waals surface area contributed by atoms with E-state index < -0.39 is 11.8 Å². The van der Waals surface area contributed by atoms with Crippen molar-refractivity contribution in [2.24, 2.45) is 0 Å². The van der Waals surface area contributed by atoms with Crippen LogP contribution in [0.5, 0.6) is 11.5 Å². The molecule has 2 amide bonds. The minimum absolute atomic E-state index is 0.376. The maximum Gasteiger partial charge on any atom is 0.258 e. The summed E-state index contributed by atoms with van der Waals surface area (Å²) in [5.41, 5.74) is 2.10. The average molecular weight is 358 g/mol. The van der Waals surface area contributed by atoms with Gasteiger partial charge in [-0.2, -0.15) is 0 Å². The van der Waals surface area contributed by atoms with Gasteiger partial charge in [0.2, 0.25) is 0 Å². The zero-order valence-corrected chi connectivity index (χ0v) is 14.5. The quantitative estimate of drug-likeness (QED) is 0.671. The van der Waals surface area contributed by atoms with Crippen molar-refractivity contribution in [1.29, 1.82) is 0 Å². The summed E-state index contributed by atoms with van der Waals surface area (Å²) < 4.78 is 10.8. The maximum atomic E-state index is 12.3. The van der Waals surface area contributed by atoms with Crippen LogP contribution in [0.1, 0.15) is 28.4 Å². The molecule has 6 heteroatoms. The van der Waals surface area contributed by atoms with Crippen molar-refractivity contribution in [1.82, 2.24) is 5.32 Å². The number of carbonyl (C=O) groups excluding carboxylic acids is 2. The molecule has 1 aliphatic heterocycles. The van der Waals surface area contributed by atoms with E-state index in [2.05, 4.69) is 5.32 Å². The van der Waals surface area contributed by atoms with Gasteiger partial charge in [-0.25, -0.2) is 0 Å². The SMILES string of the molecule is CCOc1cc(/C=C2\C(=O)NC(=O)c3ccccc32)cc(Cl)c1OC. The number of benzene rings is 2. The first kappa shape index (κ1) is 17.0. The molecular weight excluding hydrogens is 342 g/mol. The van der Waals surface area contributed by atoms with E-state index in [0.29, 0.717) is 45.4 Å². The predicted octanol–water partition coefficient (Wildman–Crippen LogP) is 3.56. The smallest absolute Gasteiger partial charge is 0.258 e. The first-order valence-corrected chi connectivity index (χ1v) is 8.10. The molecule has 0 fully saturated rings. The number of imide groups is 1. The van der Waals surface area contributed by atoms with Crippen LogP contribution >= 0.6 is 11.6 Å². The molecular formula is C19H16ClNO4. The van der Waals surface area contributed by atoms with Gasteiger partial charge >= 0.3 is 0 Å². The van der Waals surface area contributed by atoms with Gasteiger partial charge < -0.3 is 9.47 Å². The summed E-state index contributed by atoms with van der Waals surface area (Å²) in [6, 6.07) is 10.4. The van der Waals surface area contributed by atoms with Crippen LogP contribution in [0.3, 0.4) is 0 Å². The summed E-state index contributed by atoms with van der Waals surface area (Å²) >= 11 is 6.26. The monoisotopic (exact) mass is 357 g/mol. The molecule has 2 aromatic carbocycles. The normalized spacial score (nSPS) is 14.9. The van der Waals surface area contributed by atoms with Crippen LogP contribution in [0, 0.1) is 0 Å². The van der Waals surface area contributed by atoms with E-state index in [1.807, 2.05) is 6.92 Å². The third kappa shape index (κ3) is 3.23. The van der Waals surface area contributed by atoms with Gasteiger partial charge in [-0.1, -0.05) is 29.8 Å². The van der Waals surface area contributed by atoms with E-state index in [9.17, 15) is 9.59 Å². The fourth-order valence-corrected chi connectivity index (χ4v) is 3.01. The minimum atomic E-state index is -0.450. The topological polar surface area (TPSA) is 64.6 Å². The summed E-state index contributed by atoms with van der Waals surface area (Å²) in [7, 11) is 1.51. The highest BCUT2D eigenvalue weighted by Crippen LogP contribution is 2.37. The molecule has 1 N–H and O–H groups in total. The van der Waals surface area contributed by atoms with Crippen LogP contribution in [0.25, 0.3) is 11.6 Å². The Labute approximate surface area is 150 Å². The average Bonchev–Trinajstić information content (AvgIpc) is 2.59. The molecule has 25 heavy (non-hydrogen) atoms. The van der Waals surface area contributed by atoms with Crippen LogP contribution in [0.15, 0.2) is 36.4 Å². The molecule has 0 aromatic heterocycles. The first-order valence-electron chi connectivity index (χ1n) is 7.72. The molecule has 128 valence electrons. The van der Waals surface area contributed by atoms with Crippen LogP contribution in [-0.4, -0.2) is 25.5 Å². The minimum Gasteiger partial charge on any atom is -0.491 e. The lowest BCUT2D eigenvalue weighted by atomic mass is 9.93. The van der Waals surface area contributed by atoms with Gasteiger partial charge in [0, 0.05) is 11.1 Å². The molecule has 3 rings (SSSR count). The number of amides is 2. The predicted molar refractivity (Wildman–Crippen MR) is 96.0 cm³/mol. The number of rotatable bonds is 4. The van der Waals surface area contributed by atoms with Gasteiger partial charge in [0.1, 0.15) is 0 Å². The third-order valence-electron chi connectivity index (χ3n) is 3.78. The number of nitrogens with one attached hydrogen (secondary N) is 1. The zero-order valence-electron chi connectivity index (χ0n) is 13.8. The second-order valence-electron chi connectivity index (χ2n) is 5.35. The number of methoxy groups -OCH3 is 1. The van der Waals surface area contributed by atoms with Crippen molar-refractivity contribution >= 4 is 35.1 Å². The molecule has 0 atom stereocenters. The van der Waals surface area contributed by atoms with E-state index in [1.54, 1.807) is 42.5 Å². The highest BCUT2D eigenvalue weighted by Gasteiger charge is 2.26. The fraction of sp³-hybridized carbons (Fsp3) is 0.158. The third-order valence-corrected chi connectivity index (χ3v) is 4.06. The van der Waals surface area contributed by atoms with Crippen molar-refractivity contribution in [2.45, 2.75) is 6.92 Å². The van der Waals surface area contributed by atoms with Gasteiger partial charge in [-0.05, 0) is 42.3 Å². The molecule has 0 unspecified atom stereocenters. The van der Waals surface area contributed by atoms with Gasteiger partial charge in [0.05, 0.1) is 18.7 Å². The summed E-state index contributed by atoms with van der Waals surface area (Å²) in [4.78, 5) is 24.3. The number of hydrogen-bond donors (Lipinski definition) is 1. The van der Waals surface area contributed by atoms with E-state index in [1.165, 1.54) is 7.11 Å². The van der Waals surface area contributed by atoms with Crippen molar-refractivity contribution in [3.63, 3.8) is 0 Å². The number of fused-ring (bicyclic) bond motifs is 1. The van der Waals surface area contributed by atoms with Crippen molar-refractivity contribution in [3.05, 3.63) is 58.1 Å². The van der Waals surface area contributed by atoms with Crippen LogP contribution in [0.2, 0.25) is 5.02 Å². The standard InChI is InChI=1S/C19H16ClNO4/c1-3-25-16-10-11(9-15(20)17(16)24-2)8-14-12-6-4-5-7-13(12)18(22)21-19(14)23/h4-10H,3H2,1-2H3,(H,21,22,23)/b14-8-. The zero-order chi connectivity index (χ0) is 18.0. The first-order chi connectivity index (χ1) is 12.0. The molecule has 0 aliphatic carbocycles. The molecule has 0 saturated carbocycles. The second kappa shape index (κ2) is 6.99. The van der Waals surface area contributed by atoms with Crippen molar-refractivity contribution in [2.75, 3.05) is 13.7 Å². The van der Waals surface area contributed by atoms with Crippen LogP contribution in [-0.2, 0) is 4.79 Å². The Hall–Kier alpha value is -2.79. The largest absolute Gasteiger partial charge is 0.491 e. The lowest BCUT2D eigenvalue weighted by Crippen LogP contribution is -2.36. The Morgan fingerprint density at radius 1 is 1.12 bits per heavy atom. The van der Waals surface area contributed by atoms with Gasteiger partial charge in [0.15, 0.2) is 11.5 Å². The van der Waals surface area contributed by atoms with Gasteiger partial charge in [-0.3, -0.25) is 14.9 Å². The van der Waals surface area contributed by atoms with Crippen molar-refractivity contribution < 1.29 is 19.1 Å². The lowest BCUT2D eigenvalue weighted by Gasteiger charge is -2.18. The molecule has 0 radical (unpaired) electrons. The lowest BCUT2D eigenvalue weighted by molar-refractivity contribution is -0.114. The fourth-order valence-electron chi connectivity index (χ4n) is 2.72. The Balaban J connectivity index is 2.13. The Morgan fingerprint density at radius 3 is 2.52 bits per heavy atom. The van der Waals surface area contributed by atoms with Crippen LogP contribution in [0.4, 0.5) is 0 Å². The van der Waals surface area contributed by atoms with Crippen molar-refractivity contribution in [3.8, 4) is 11.5 Å².